The van der Waals surface area contributed by atoms with E-state index in [-0.39, 0.29) is 0 Å². The topological polar surface area (TPSA) is 193 Å². The Balaban J connectivity index is -0.000000190. The third kappa shape index (κ3) is 23.8. The van der Waals surface area contributed by atoms with Crippen molar-refractivity contribution >= 4 is 17.9 Å². The van der Waals surface area contributed by atoms with E-state index in [4.69, 9.17) is 40.5 Å². The van der Waals surface area contributed by atoms with Gasteiger partial charge in [0, 0.05) is 0 Å². The summed E-state index contributed by atoms with van der Waals surface area (Å²) in [5.74, 6) is -3.78. The van der Waals surface area contributed by atoms with E-state index in [9.17, 15) is 9.59 Å². The first-order valence-corrected chi connectivity index (χ1v) is 4.35. The summed E-state index contributed by atoms with van der Waals surface area (Å²) >= 11 is 0. The van der Waals surface area contributed by atoms with Crippen LogP contribution in [0.15, 0.2) is 0 Å². The maximum atomic E-state index is 9.52. The zero-order chi connectivity index (χ0) is 15.3. The first kappa shape index (κ1) is 21.5. The van der Waals surface area contributed by atoms with Crippen LogP contribution in [0.5, 0.6) is 0 Å². The second kappa shape index (κ2) is 13.3. The summed E-state index contributed by atoms with van der Waals surface area (Å²) in [6.07, 6.45) is -2.86. The van der Waals surface area contributed by atoms with Crippen molar-refractivity contribution in [2.75, 3.05) is 13.2 Å². The predicted octanol–water partition coefficient (Wildman–Crippen LogP) is -3.06. The number of carboxylic acid groups (broad SMARTS) is 3. The van der Waals surface area contributed by atoms with Crippen LogP contribution in [0, 0.1) is 0 Å². The van der Waals surface area contributed by atoms with Gasteiger partial charge in [-0.25, -0.2) is 14.4 Å². The summed E-state index contributed by atoms with van der Waals surface area (Å²) in [5.41, 5.74) is 0. The highest BCUT2D eigenvalue weighted by molar-refractivity contribution is 5.72. The maximum absolute atomic E-state index is 9.52. The molecule has 0 aromatic rings. The van der Waals surface area contributed by atoms with E-state index >= 15 is 0 Å². The van der Waals surface area contributed by atoms with E-state index in [0.29, 0.717) is 0 Å². The van der Waals surface area contributed by atoms with Crippen molar-refractivity contribution in [3.8, 4) is 0 Å². The van der Waals surface area contributed by atoms with Gasteiger partial charge in [-0.1, -0.05) is 0 Å². The molecule has 18 heavy (non-hydrogen) atoms. The van der Waals surface area contributed by atoms with Crippen LogP contribution in [0.3, 0.4) is 0 Å². The van der Waals surface area contributed by atoms with Crippen LogP contribution in [0.25, 0.3) is 0 Å². The van der Waals surface area contributed by atoms with E-state index in [1.165, 1.54) is 6.92 Å². The van der Waals surface area contributed by atoms with Gasteiger partial charge in [-0.05, 0) is 6.92 Å². The second-order valence-corrected chi connectivity index (χ2v) is 2.60. The van der Waals surface area contributed by atoms with Gasteiger partial charge in [0.15, 0.2) is 6.10 Å². The quantitative estimate of drug-likeness (QED) is 0.276. The number of carboxylic acids is 3. The van der Waals surface area contributed by atoms with E-state index in [1.54, 1.807) is 0 Å². The molecule has 0 aromatic carbocycles. The SMILES string of the molecule is CC(O)C(=O)O.O=C(O)C(O)CO.O=C(O)CO. The van der Waals surface area contributed by atoms with Crippen LogP contribution < -0.4 is 0 Å². The largest absolute Gasteiger partial charge is 0.480 e. The summed E-state index contributed by atoms with van der Waals surface area (Å²) in [6, 6.07) is 0. The molecule has 2 atom stereocenters. The van der Waals surface area contributed by atoms with Gasteiger partial charge >= 0.3 is 17.9 Å². The monoisotopic (exact) mass is 272 g/mol. The Morgan fingerprint density at radius 2 is 1.22 bits per heavy atom. The van der Waals surface area contributed by atoms with Crippen LogP contribution >= 0.6 is 0 Å². The molecule has 7 N–H and O–H groups in total. The minimum absolute atomic E-state index is 0.727. The van der Waals surface area contributed by atoms with Crippen LogP contribution in [0.2, 0.25) is 0 Å². The van der Waals surface area contributed by atoms with Gasteiger partial charge in [0.05, 0.1) is 6.61 Å². The second-order valence-electron chi connectivity index (χ2n) is 2.60. The van der Waals surface area contributed by atoms with Gasteiger partial charge in [0.25, 0.3) is 0 Å². The minimum atomic E-state index is -1.63. The van der Waals surface area contributed by atoms with E-state index in [2.05, 4.69) is 0 Å². The molecule has 0 aliphatic rings. The molecule has 0 radical (unpaired) electrons. The molecule has 0 bridgehead atoms. The number of aliphatic carboxylic acids is 3. The summed E-state index contributed by atoms with van der Waals surface area (Å²) in [4.78, 5) is 28.1. The number of rotatable bonds is 4. The average Bonchev–Trinajstić information content (AvgIpc) is 2.29. The van der Waals surface area contributed by atoms with Gasteiger partial charge in [0.1, 0.15) is 12.7 Å². The van der Waals surface area contributed by atoms with Crippen LogP contribution in [-0.2, 0) is 14.4 Å². The number of aliphatic hydroxyl groups is 4. The molecule has 0 saturated heterocycles. The van der Waals surface area contributed by atoms with E-state index in [0.717, 1.165) is 0 Å². The van der Waals surface area contributed by atoms with E-state index in [1.807, 2.05) is 0 Å². The van der Waals surface area contributed by atoms with Crippen molar-refractivity contribution in [2.45, 2.75) is 19.1 Å². The molecular weight excluding hydrogens is 256 g/mol. The van der Waals surface area contributed by atoms with Crippen molar-refractivity contribution in [3.63, 3.8) is 0 Å². The highest BCUT2D eigenvalue weighted by atomic mass is 16.4. The summed E-state index contributed by atoms with van der Waals surface area (Å²) in [5, 5.41) is 54.5. The Hall–Kier alpha value is -1.75. The lowest BCUT2D eigenvalue weighted by molar-refractivity contribution is -0.148. The molecule has 0 spiro atoms. The smallest absolute Gasteiger partial charge is 0.334 e. The van der Waals surface area contributed by atoms with Crippen LogP contribution in [-0.4, -0.2) is 79.1 Å². The van der Waals surface area contributed by atoms with Gasteiger partial charge in [-0.3, -0.25) is 0 Å². The number of carbonyl (C=O) groups is 3. The lowest BCUT2D eigenvalue weighted by Gasteiger charge is -1.95. The van der Waals surface area contributed by atoms with Gasteiger partial charge in [-0.15, -0.1) is 0 Å². The average molecular weight is 272 g/mol. The van der Waals surface area contributed by atoms with Gasteiger partial charge in [-0.2, -0.15) is 0 Å². The van der Waals surface area contributed by atoms with E-state index < -0.39 is 43.3 Å². The van der Waals surface area contributed by atoms with Crippen molar-refractivity contribution < 1.29 is 50.1 Å². The molecule has 0 aromatic heterocycles. The Morgan fingerprint density at radius 3 is 1.22 bits per heavy atom. The molecule has 0 rings (SSSR count). The molecule has 0 fully saturated rings. The third-order valence-corrected chi connectivity index (χ3v) is 0.951. The molecule has 0 amide bonds. The predicted molar refractivity (Wildman–Crippen MR) is 54.8 cm³/mol. The molecule has 0 heterocycles. The number of hydrogen-bond donors (Lipinski definition) is 7. The fourth-order valence-corrected chi connectivity index (χ4v) is 0.0781. The van der Waals surface area contributed by atoms with Crippen molar-refractivity contribution in [1.29, 1.82) is 0 Å². The first-order valence-electron chi connectivity index (χ1n) is 4.35. The molecular formula is C8H16O10. The minimum Gasteiger partial charge on any atom is -0.480 e. The van der Waals surface area contributed by atoms with Crippen molar-refractivity contribution in [2.24, 2.45) is 0 Å². The van der Waals surface area contributed by atoms with Crippen LogP contribution in [0.4, 0.5) is 0 Å². The number of aliphatic hydroxyl groups excluding tert-OH is 4. The van der Waals surface area contributed by atoms with Gasteiger partial charge < -0.3 is 35.7 Å². The maximum Gasteiger partial charge on any atom is 0.334 e. The Morgan fingerprint density at radius 1 is 0.944 bits per heavy atom. The molecule has 2 unspecified atom stereocenters. The normalized spacial score (nSPS) is 11.8. The molecule has 10 nitrogen and oxygen atoms in total. The highest BCUT2D eigenvalue weighted by Crippen LogP contribution is 1.76. The standard InChI is InChI=1S/C3H6O4.C3H6O3.C2H4O3/c4-1-2(5)3(6)7;1-2(4)3(5)6;3-1-2(4)5/h2,4-5H,1H2,(H,6,7);2,4H,1H3,(H,5,6);3H,1H2,(H,4,5). The summed E-state index contributed by atoms with van der Waals surface area (Å²) in [7, 11) is 0. The highest BCUT2D eigenvalue weighted by Gasteiger charge is 2.08. The molecule has 10 heteroatoms. The molecule has 0 aliphatic heterocycles. The first-order chi connectivity index (χ1) is 8.09. The lowest BCUT2D eigenvalue weighted by atomic mass is 10.4. The fraction of sp³-hybridized carbons (Fsp3) is 0.625. The summed E-state index contributed by atoms with van der Waals surface area (Å²) < 4.78 is 0. The fourth-order valence-electron chi connectivity index (χ4n) is 0.0781. The molecule has 108 valence electrons. The molecule has 0 aliphatic carbocycles. The Kier molecular flexibility index (Phi) is 15.9. The summed E-state index contributed by atoms with van der Waals surface area (Å²) in [6.45, 7) is -0.308. The van der Waals surface area contributed by atoms with Crippen molar-refractivity contribution in [1.82, 2.24) is 0 Å². The van der Waals surface area contributed by atoms with Gasteiger partial charge in [0.2, 0.25) is 0 Å². The zero-order valence-corrected chi connectivity index (χ0v) is 9.42. The lowest BCUT2D eigenvalue weighted by Crippen LogP contribution is -2.22. The zero-order valence-electron chi connectivity index (χ0n) is 9.42. The molecule has 0 saturated carbocycles. The Bertz CT molecular complexity index is 248. The van der Waals surface area contributed by atoms with Crippen molar-refractivity contribution in [3.05, 3.63) is 0 Å². The third-order valence-electron chi connectivity index (χ3n) is 0.951. The Labute approximate surface area is 101 Å². The van der Waals surface area contributed by atoms with Crippen LogP contribution in [0.1, 0.15) is 6.92 Å². The number of hydrogen-bond acceptors (Lipinski definition) is 7.